The molecule has 11 rings (SSSR count). The molecule has 2 heterocycles. The van der Waals surface area contributed by atoms with Gasteiger partial charge in [0.05, 0.1) is 63.3 Å². The van der Waals surface area contributed by atoms with E-state index in [1.807, 2.05) is 146 Å². The van der Waals surface area contributed by atoms with Gasteiger partial charge in [-0.05, 0) is 118 Å². The van der Waals surface area contributed by atoms with Crippen molar-refractivity contribution >= 4 is 21.8 Å². The fourth-order valence-electron chi connectivity index (χ4n) is 8.99. The van der Waals surface area contributed by atoms with Gasteiger partial charge in [0.25, 0.3) is 0 Å². The Hall–Kier alpha value is -10.3. The van der Waals surface area contributed by atoms with Crippen LogP contribution in [-0.4, -0.2) is 19.5 Å². The fraction of sp³-hybridized carbons (Fsp3) is 0. The zero-order valence-electron chi connectivity index (χ0n) is 36.7. The highest BCUT2D eigenvalue weighted by molar-refractivity contribution is 6.13. The highest BCUT2D eigenvalue weighted by Crippen LogP contribution is 2.45. The fourth-order valence-corrected chi connectivity index (χ4v) is 8.99. The summed E-state index contributed by atoms with van der Waals surface area (Å²) in [7, 11) is 0. The molecule has 0 aliphatic carbocycles. The van der Waals surface area contributed by atoms with E-state index in [1.165, 1.54) is 0 Å². The summed E-state index contributed by atoms with van der Waals surface area (Å²) >= 11 is 0. The smallest absolute Gasteiger partial charge is 0.164 e. The molecule has 0 atom stereocenters. The largest absolute Gasteiger partial charge is 0.308 e. The molecule has 0 unspecified atom stereocenters. The monoisotopic (exact) mass is 878 g/mol. The Labute approximate surface area is 397 Å². The van der Waals surface area contributed by atoms with Crippen molar-refractivity contribution in [3.8, 4) is 109 Å². The first kappa shape index (κ1) is 41.5. The first-order valence-electron chi connectivity index (χ1n) is 22.1. The Bertz CT molecular complexity index is 3730. The molecule has 0 aliphatic heterocycles. The van der Waals surface area contributed by atoms with Crippen LogP contribution >= 0.6 is 0 Å². The maximum absolute atomic E-state index is 10.3. The molecule has 0 bridgehead atoms. The molecule has 0 saturated carbocycles. The number of nitrogens with zero attached hydrogens (tertiary/aromatic N) is 8. The minimum Gasteiger partial charge on any atom is -0.308 e. The minimum atomic E-state index is 0.450. The number of nitriles is 4. The van der Waals surface area contributed by atoms with Crippen molar-refractivity contribution in [2.75, 3.05) is 0 Å². The van der Waals surface area contributed by atoms with Crippen LogP contribution in [0.3, 0.4) is 0 Å². The van der Waals surface area contributed by atoms with Gasteiger partial charge in [-0.3, -0.25) is 0 Å². The van der Waals surface area contributed by atoms with Crippen molar-refractivity contribution in [2.24, 2.45) is 0 Å². The van der Waals surface area contributed by atoms with E-state index in [-0.39, 0.29) is 0 Å². The molecule has 11 aromatic rings. The maximum Gasteiger partial charge on any atom is 0.164 e. The van der Waals surface area contributed by atoms with Crippen LogP contribution < -0.4 is 0 Å². The summed E-state index contributed by atoms with van der Waals surface area (Å²) in [6.07, 6.45) is 0. The molecule has 8 nitrogen and oxygen atoms in total. The summed E-state index contributed by atoms with van der Waals surface area (Å²) in [5.74, 6) is 1.48. The van der Waals surface area contributed by atoms with E-state index >= 15 is 0 Å². The number of fused-ring (bicyclic) bond motifs is 3. The molecule has 318 valence electrons. The third-order valence-corrected chi connectivity index (χ3v) is 12.4. The molecule has 0 N–H and O–H groups in total. The quantitative estimate of drug-likeness (QED) is 0.148. The van der Waals surface area contributed by atoms with Crippen LogP contribution in [-0.2, 0) is 0 Å². The average Bonchev–Trinajstić information content (AvgIpc) is 3.75. The van der Waals surface area contributed by atoms with Crippen molar-refractivity contribution in [3.05, 3.63) is 229 Å². The van der Waals surface area contributed by atoms with Crippen molar-refractivity contribution in [1.29, 1.82) is 21.0 Å². The zero-order chi connectivity index (χ0) is 46.8. The van der Waals surface area contributed by atoms with Crippen LogP contribution in [0.5, 0.6) is 0 Å². The summed E-state index contributed by atoms with van der Waals surface area (Å²) < 4.78 is 2.28. The van der Waals surface area contributed by atoms with Gasteiger partial charge in [0, 0.05) is 38.6 Å². The minimum absolute atomic E-state index is 0.450. The third kappa shape index (κ3) is 7.79. The Balaban J connectivity index is 1.26. The van der Waals surface area contributed by atoms with Crippen LogP contribution in [0.2, 0.25) is 0 Å². The second-order valence-corrected chi connectivity index (χ2v) is 16.5. The topological polar surface area (TPSA) is 139 Å². The predicted molar refractivity (Wildman–Crippen MR) is 271 cm³/mol. The van der Waals surface area contributed by atoms with Gasteiger partial charge < -0.3 is 4.57 Å². The van der Waals surface area contributed by atoms with Crippen molar-refractivity contribution in [1.82, 2.24) is 19.5 Å². The van der Waals surface area contributed by atoms with Gasteiger partial charge in [-0.15, -0.1) is 0 Å². The third-order valence-electron chi connectivity index (χ3n) is 12.4. The van der Waals surface area contributed by atoms with Gasteiger partial charge in [-0.25, -0.2) is 15.0 Å². The molecule has 0 fully saturated rings. The Morgan fingerprint density at radius 2 is 0.667 bits per heavy atom. The van der Waals surface area contributed by atoms with Crippen molar-refractivity contribution in [2.45, 2.75) is 0 Å². The van der Waals surface area contributed by atoms with E-state index in [0.29, 0.717) is 45.3 Å². The highest BCUT2D eigenvalue weighted by atomic mass is 15.0. The molecule has 8 heteroatoms. The molecule has 0 spiro atoms. The Kier molecular flexibility index (Phi) is 10.6. The molecule has 2 aromatic heterocycles. The van der Waals surface area contributed by atoms with E-state index in [9.17, 15) is 21.0 Å². The van der Waals surface area contributed by atoms with Crippen LogP contribution in [0, 0.1) is 45.3 Å². The molecular formula is C61H34N8. The molecule has 9 aromatic carbocycles. The van der Waals surface area contributed by atoms with Crippen LogP contribution in [0.25, 0.3) is 106 Å². The van der Waals surface area contributed by atoms with Gasteiger partial charge >= 0.3 is 0 Å². The van der Waals surface area contributed by atoms with Gasteiger partial charge in [0.1, 0.15) is 0 Å². The lowest BCUT2D eigenvalue weighted by Gasteiger charge is -2.21. The van der Waals surface area contributed by atoms with E-state index in [2.05, 4.69) is 77.4 Å². The highest BCUT2D eigenvalue weighted by Gasteiger charge is 2.24. The summed E-state index contributed by atoms with van der Waals surface area (Å²) in [5, 5.41) is 41.7. The summed E-state index contributed by atoms with van der Waals surface area (Å²) in [4.78, 5) is 15.3. The van der Waals surface area contributed by atoms with Crippen molar-refractivity contribution in [3.63, 3.8) is 0 Å². The van der Waals surface area contributed by atoms with Gasteiger partial charge in [0.15, 0.2) is 17.5 Å². The average molecular weight is 879 g/mol. The lowest BCUT2D eigenvalue weighted by molar-refractivity contribution is 1.07. The molecular weight excluding hydrogens is 845 g/mol. The van der Waals surface area contributed by atoms with Crippen LogP contribution in [0.15, 0.2) is 206 Å². The van der Waals surface area contributed by atoms with Crippen LogP contribution in [0.1, 0.15) is 22.3 Å². The first-order chi connectivity index (χ1) is 34.0. The summed E-state index contributed by atoms with van der Waals surface area (Å²) in [6, 6.07) is 76.3. The standard InChI is InChI=1S/C61H34N8/c62-35-39-17-21-43(22-18-39)47-25-27-56-54(31-47)55-32-48(44-23-19-40(36-63)20-24-44)26-28-57(55)69(56)58-52(49-15-7-9-41(29-49)37-64)33-51(34-53(58)50-16-8-10-42(30-50)38-65)61-67-59(45-11-3-1-4-12-45)66-60(68-61)46-13-5-2-6-14-46/h1-34H. The first-order valence-corrected chi connectivity index (χ1v) is 22.1. The number of rotatable bonds is 8. The maximum atomic E-state index is 10.3. The molecule has 69 heavy (non-hydrogen) atoms. The lowest BCUT2D eigenvalue weighted by atomic mass is 9.91. The second kappa shape index (κ2) is 17.6. The van der Waals surface area contributed by atoms with E-state index in [0.717, 1.165) is 83.1 Å². The Morgan fingerprint density at radius 3 is 1.07 bits per heavy atom. The number of aromatic nitrogens is 4. The normalized spacial score (nSPS) is 10.8. The van der Waals surface area contributed by atoms with Gasteiger partial charge in [-0.2, -0.15) is 21.0 Å². The summed E-state index contributed by atoms with van der Waals surface area (Å²) in [6.45, 7) is 0. The molecule has 0 saturated heterocycles. The predicted octanol–water partition coefficient (Wildman–Crippen LogP) is 14.1. The van der Waals surface area contributed by atoms with Gasteiger partial charge in [0.2, 0.25) is 0 Å². The number of benzene rings is 9. The second-order valence-electron chi connectivity index (χ2n) is 16.5. The SMILES string of the molecule is N#Cc1ccc(-c2ccc3c(c2)c2cc(-c4ccc(C#N)cc4)ccc2n3-c2c(-c3cccc(C#N)c3)cc(-c3nc(-c4ccccc4)nc(-c4ccccc4)n3)cc2-c2cccc(C#N)c2)cc1. The van der Waals surface area contributed by atoms with Crippen molar-refractivity contribution < 1.29 is 0 Å². The summed E-state index contributed by atoms with van der Waals surface area (Å²) in [5.41, 5.74) is 14.3. The van der Waals surface area contributed by atoms with E-state index in [4.69, 9.17) is 15.0 Å². The van der Waals surface area contributed by atoms with E-state index in [1.54, 1.807) is 12.1 Å². The number of hydrogen-bond donors (Lipinski definition) is 0. The van der Waals surface area contributed by atoms with Crippen LogP contribution in [0.4, 0.5) is 0 Å². The molecule has 0 radical (unpaired) electrons. The van der Waals surface area contributed by atoms with Gasteiger partial charge in [-0.1, -0.05) is 121 Å². The zero-order valence-corrected chi connectivity index (χ0v) is 36.7. The molecule has 0 amide bonds. The Morgan fingerprint density at radius 1 is 0.290 bits per heavy atom. The molecule has 0 aliphatic rings. The lowest BCUT2D eigenvalue weighted by Crippen LogP contribution is -2.04. The van der Waals surface area contributed by atoms with E-state index < -0.39 is 0 Å². The number of hydrogen-bond acceptors (Lipinski definition) is 7.